The Morgan fingerprint density at radius 3 is 2.33 bits per heavy atom. The first-order valence-electron chi connectivity index (χ1n) is 11.3. The summed E-state index contributed by atoms with van der Waals surface area (Å²) in [6, 6.07) is 19.7. The molecule has 0 aliphatic carbocycles. The van der Waals surface area contributed by atoms with Crippen molar-refractivity contribution in [1.82, 2.24) is 4.90 Å². The van der Waals surface area contributed by atoms with Gasteiger partial charge in [0.05, 0.1) is 10.5 Å². The minimum atomic E-state index is -0.838. The number of benzene rings is 3. The second kappa shape index (κ2) is 12.5. The van der Waals surface area contributed by atoms with E-state index in [9.17, 15) is 25.1 Å². The molecule has 10 nitrogen and oxygen atoms in total. The first kappa shape index (κ1) is 26.5. The van der Waals surface area contributed by atoms with Crippen LogP contribution in [0.3, 0.4) is 0 Å². The van der Waals surface area contributed by atoms with E-state index in [1.807, 2.05) is 42.2 Å². The molecule has 2 atom stereocenters. The standard InChI is InChI=1S/C26H29N3O7/c1-18(36-23-11-12-24(26(27)32)25(31)13-23)14-28(15-19-5-3-2-4-6-19)16-21(30)17-35-22-9-7-20(8-10-22)29(33)34/h2-13,18,21,30-31H,14-17H2,1H3,(H2,27,32). The molecule has 2 unspecified atom stereocenters. The molecule has 0 radical (unpaired) electrons. The van der Waals surface area contributed by atoms with Crippen molar-refractivity contribution in [1.29, 1.82) is 0 Å². The van der Waals surface area contributed by atoms with Gasteiger partial charge in [-0.05, 0) is 36.8 Å². The van der Waals surface area contributed by atoms with E-state index >= 15 is 0 Å². The zero-order chi connectivity index (χ0) is 26.1. The average Bonchev–Trinajstić information content (AvgIpc) is 2.83. The molecule has 0 fully saturated rings. The number of aliphatic hydroxyl groups excluding tert-OH is 1. The Morgan fingerprint density at radius 2 is 1.72 bits per heavy atom. The molecule has 0 aliphatic rings. The number of nitro groups is 1. The number of hydrogen-bond donors (Lipinski definition) is 3. The zero-order valence-electron chi connectivity index (χ0n) is 19.8. The van der Waals surface area contributed by atoms with Crippen molar-refractivity contribution in [3.8, 4) is 17.2 Å². The van der Waals surface area contributed by atoms with E-state index in [4.69, 9.17) is 15.2 Å². The molecule has 3 rings (SSSR count). The fraction of sp³-hybridized carbons (Fsp3) is 0.269. The van der Waals surface area contributed by atoms with Crippen LogP contribution >= 0.6 is 0 Å². The van der Waals surface area contributed by atoms with E-state index in [-0.39, 0.29) is 36.3 Å². The van der Waals surface area contributed by atoms with Crippen LogP contribution < -0.4 is 15.2 Å². The Bertz CT molecular complexity index is 1160. The third-order valence-electron chi connectivity index (χ3n) is 5.30. The molecule has 10 heteroatoms. The number of primary amides is 1. The Morgan fingerprint density at radius 1 is 1.06 bits per heavy atom. The first-order chi connectivity index (χ1) is 17.2. The molecule has 4 N–H and O–H groups in total. The van der Waals surface area contributed by atoms with Crippen molar-refractivity contribution in [2.45, 2.75) is 25.7 Å². The molecule has 3 aromatic carbocycles. The average molecular weight is 496 g/mol. The van der Waals surface area contributed by atoms with Gasteiger partial charge in [0.15, 0.2) is 0 Å². The number of carbonyl (C=O) groups excluding carboxylic acids is 1. The van der Waals surface area contributed by atoms with Crippen LogP contribution in [-0.4, -0.2) is 57.8 Å². The fourth-order valence-electron chi connectivity index (χ4n) is 3.68. The Balaban J connectivity index is 1.61. The maximum Gasteiger partial charge on any atom is 0.269 e. The van der Waals surface area contributed by atoms with Crippen LogP contribution in [0.5, 0.6) is 17.2 Å². The van der Waals surface area contributed by atoms with Crippen molar-refractivity contribution in [3.63, 3.8) is 0 Å². The van der Waals surface area contributed by atoms with Crippen LogP contribution in [0.1, 0.15) is 22.8 Å². The maximum atomic E-state index is 11.3. The Kier molecular flexibility index (Phi) is 9.20. The Labute approximate surface area is 208 Å². The predicted molar refractivity (Wildman–Crippen MR) is 133 cm³/mol. The highest BCUT2D eigenvalue weighted by Crippen LogP contribution is 2.24. The molecule has 190 valence electrons. The molecule has 1 amide bonds. The number of aromatic hydroxyl groups is 1. The minimum absolute atomic E-state index is 0.000784. The smallest absolute Gasteiger partial charge is 0.269 e. The monoisotopic (exact) mass is 495 g/mol. The number of nitrogens with two attached hydrogens (primary N) is 1. The lowest BCUT2D eigenvalue weighted by Crippen LogP contribution is -2.40. The van der Waals surface area contributed by atoms with Crippen LogP contribution in [0.2, 0.25) is 0 Å². The number of rotatable bonds is 13. The van der Waals surface area contributed by atoms with Gasteiger partial charge in [-0.25, -0.2) is 0 Å². The number of aliphatic hydroxyl groups is 1. The molecule has 0 heterocycles. The number of phenols is 1. The molecule has 0 aliphatic heterocycles. The lowest BCUT2D eigenvalue weighted by Gasteiger charge is -2.28. The van der Waals surface area contributed by atoms with Crippen LogP contribution in [-0.2, 0) is 6.54 Å². The molecule has 0 bridgehead atoms. The van der Waals surface area contributed by atoms with Crippen molar-refractivity contribution in [3.05, 3.63) is 94.0 Å². The number of nitrogens with zero attached hydrogens (tertiary/aromatic N) is 2. The molecule has 36 heavy (non-hydrogen) atoms. The third kappa shape index (κ3) is 7.97. The van der Waals surface area contributed by atoms with Crippen molar-refractivity contribution < 1.29 is 29.4 Å². The van der Waals surface area contributed by atoms with Gasteiger partial charge in [0.25, 0.3) is 11.6 Å². The fourth-order valence-corrected chi connectivity index (χ4v) is 3.68. The summed E-state index contributed by atoms with van der Waals surface area (Å²) in [4.78, 5) is 23.6. The second-order valence-electron chi connectivity index (χ2n) is 8.37. The van der Waals surface area contributed by atoms with E-state index in [0.29, 0.717) is 24.6 Å². The summed E-state index contributed by atoms with van der Waals surface area (Å²) in [6.07, 6.45) is -1.16. The lowest BCUT2D eigenvalue weighted by molar-refractivity contribution is -0.384. The van der Waals surface area contributed by atoms with Crippen LogP contribution in [0.15, 0.2) is 72.8 Å². The molecule has 0 spiro atoms. The SMILES string of the molecule is CC(CN(Cc1ccccc1)CC(O)COc1ccc([N+](=O)[O-])cc1)Oc1ccc(C(N)=O)c(O)c1. The van der Waals surface area contributed by atoms with Crippen LogP contribution in [0.25, 0.3) is 0 Å². The quantitative estimate of drug-likeness (QED) is 0.242. The summed E-state index contributed by atoms with van der Waals surface area (Å²) >= 11 is 0. The number of non-ortho nitro benzene ring substituents is 1. The number of carbonyl (C=O) groups is 1. The van der Waals surface area contributed by atoms with Gasteiger partial charge in [-0.3, -0.25) is 19.8 Å². The highest BCUT2D eigenvalue weighted by Gasteiger charge is 2.18. The highest BCUT2D eigenvalue weighted by molar-refractivity contribution is 5.95. The van der Waals surface area contributed by atoms with E-state index in [0.717, 1.165) is 5.56 Å². The molecule has 3 aromatic rings. The summed E-state index contributed by atoms with van der Waals surface area (Å²) in [7, 11) is 0. The molecule has 0 saturated carbocycles. The Hall–Kier alpha value is -4.15. The van der Waals surface area contributed by atoms with Gasteiger partial charge in [0.2, 0.25) is 0 Å². The van der Waals surface area contributed by atoms with E-state index in [1.165, 1.54) is 36.4 Å². The summed E-state index contributed by atoms with van der Waals surface area (Å²) in [6.45, 7) is 3.13. The van der Waals surface area contributed by atoms with Crippen LogP contribution in [0, 0.1) is 10.1 Å². The van der Waals surface area contributed by atoms with Gasteiger partial charge in [-0.1, -0.05) is 30.3 Å². The maximum absolute atomic E-state index is 11.3. The van der Waals surface area contributed by atoms with Crippen molar-refractivity contribution in [2.24, 2.45) is 5.73 Å². The van der Waals surface area contributed by atoms with Crippen molar-refractivity contribution >= 4 is 11.6 Å². The topological polar surface area (TPSA) is 148 Å². The van der Waals surface area contributed by atoms with Crippen molar-refractivity contribution in [2.75, 3.05) is 19.7 Å². The lowest BCUT2D eigenvalue weighted by atomic mass is 10.1. The number of amides is 1. The highest BCUT2D eigenvalue weighted by atomic mass is 16.6. The molecule has 0 aromatic heterocycles. The largest absolute Gasteiger partial charge is 0.507 e. The second-order valence-corrected chi connectivity index (χ2v) is 8.37. The minimum Gasteiger partial charge on any atom is -0.507 e. The van der Waals surface area contributed by atoms with Crippen LogP contribution in [0.4, 0.5) is 5.69 Å². The van der Waals surface area contributed by atoms with Gasteiger partial charge in [0.1, 0.15) is 36.1 Å². The summed E-state index contributed by atoms with van der Waals surface area (Å²) < 4.78 is 11.5. The van der Waals surface area contributed by atoms with E-state index in [2.05, 4.69) is 0 Å². The van der Waals surface area contributed by atoms with Gasteiger partial charge in [-0.15, -0.1) is 0 Å². The van der Waals surface area contributed by atoms with E-state index < -0.39 is 16.9 Å². The zero-order valence-corrected chi connectivity index (χ0v) is 19.8. The number of ether oxygens (including phenoxy) is 2. The number of hydrogen-bond acceptors (Lipinski definition) is 8. The normalized spacial score (nSPS) is 12.6. The summed E-state index contributed by atoms with van der Waals surface area (Å²) in [5.74, 6) is -0.185. The van der Waals surface area contributed by atoms with Gasteiger partial charge in [0, 0.05) is 37.8 Å². The summed E-state index contributed by atoms with van der Waals surface area (Å²) in [5, 5.41) is 31.4. The van der Waals surface area contributed by atoms with Gasteiger partial charge >= 0.3 is 0 Å². The van der Waals surface area contributed by atoms with Gasteiger partial charge in [-0.2, -0.15) is 0 Å². The molecular weight excluding hydrogens is 466 g/mol. The molecule has 0 saturated heterocycles. The molecular formula is C26H29N3O7. The number of nitro benzene ring substituents is 1. The third-order valence-corrected chi connectivity index (χ3v) is 5.30. The van der Waals surface area contributed by atoms with E-state index in [1.54, 1.807) is 6.07 Å². The first-order valence-corrected chi connectivity index (χ1v) is 11.3. The summed E-state index contributed by atoms with van der Waals surface area (Å²) in [5.41, 5.74) is 6.25. The van der Waals surface area contributed by atoms with Gasteiger partial charge < -0.3 is 25.4 Å². The predicted octanol–water partition coefficient (Wildman–Crippen LogP) is 3.11.